The zero-order chi connectivity index (χ0) is 26.9. The molecule has 1 N–H and O–H groups in total. The minimum absolute atomic E-state index is 0.121. The Bertz CT molecular complexity index is 1490. The van der Waals surface area contributed by atoms with Crippen LogP contribution in [0.2, 0.25) is 0 Å². The van der Waals surface area contributed by atoms with Crippen LogP contribution in [0.1, 0.15) is 37.8 Å². The molecule has 6 rings (SSSR count). The number of hydrogen-bond acceptors (Lipinski definition) is 7. The van der Waals surface area contributed by atoms with Gasteiger partial charge in [-0.2, -0.15) is 0 Å². The van der Waals surface area contributed by atoms with Gasteiger partial charge in [0, 0.05) is 19.1 Å². The van der Waals surface area contributed by atoms with Gasteiger partial charge in [0.2, 0.25) is 0 Å². The first kappa shape index (κ1) is 25.2. The second-order valence-electron chi connectivity index (χ2n) is 10.1. The number of pyridine rings is 1. The smallest absolute Gasteiger partial charge is 0.306 e. The number of benzene rings is 1. The minimum Gasteiger partial charge on any atom is -0.481 e. The van der Waals surface area contributed by atoms with E-state index in [1.807, 2.05) is 36.4 Å². The fourth-order valence-corrected chi connectivity index (χ4v) is 5.75. The predicted molar refractivity (Wildman–Crippen MR) is 145 cm³/mol. The lowest BCUT2D eigenvalue weighted by Gasteiger charge is -2.38. The molecule has 39 heavy (non-hydrogen) atoms. The zero-order valence-corrected chi connectivity index (χ0v) is 21.8. The van der Waals surface area contributed by atoms with Gasteiger partial charge in [-0.3, -0.25) is 4.79 Å². The van der Waals surface area contributed by atoms with E-state index in [2.05, 4.69) is 21.7 Å². The van der Waals surface area contributed by atoms with Gasteiger partial charge in [0.25, 0.3) is 0 Å². The van der Waals surface area contributed by atoms with Crippen LogP contribution in [-0.4, -0.2) is 63.0 Å². The van der Waals surface area contributed by atoms with Crippen molar-refractivity contribution in [3.8, 4) is 11.4 Å². The highest BCUT2D eigenvalue weighted by atomic mass is 19.1. The Morgan fingerprint density at radius 1 is 1.10 bits per heavy atom. The third-order valence-electron chi connectivity index (χ3n) is 7.83. The third-order valence-corrected chi connectivity index (χ3v) is 7.83. The van der Waals surface area contributed by atoms with Crippen molar-refractivity contribution in [2.24, 2.45) is 5.92 Å². The summed E-state index contributed by atoms with van der Waals surface area (Å²) < 4.78 is 21.5. The molecule has 0 aliphatic carbocycles. The number of ether oxygens (including phenoxy) is 1. The van der Waals surface area contributed by atoms with Crippen molar-refractivity contribution < 1.29 is 19.0 Å². The number of carboxylic acid groups (broad SMARTS) is 1. The highest BCUT2D eigenvalue weighted by molar-refractivity contribution is 5.70. The maximum Gasteiger partial charge on any atom is 0.306 e. The molecule has 3 atom stereocenters. The highest BCUT2D eigenvalue weighted by Gasteiger charge is 2.32. The van der Waals surface area contributed by atoms with E-state index in [-0.39, 0.29) is 23.8 Å². The van der Waals surface area contributed by atoms with Crippen molar-refractivity contribution in [2.45, 2.75) is 38.3 Å². The van der Waals surface area contributed by atoms with Gasteiger partial charge in [0.05, 0.1) is 37.1 Å². The largest absolute Gasteiger partial charge is 0.481 e. The molecule has 0 bridgehead atoms. The SMILES string of the molecule is CCC1CC(C(=O)O)CCN1c1cccc(-c2cnc3ccc(N4CCOCC4c4cccc(F)c4)nn23)n1. The maximum atomic E-state index is 14.0. The molecular weight excluding hydrogens is 499 g/mol. The van der Waals surface area contributed by atoms with E-state index in [1.54, 1.807) is 22.8 Å². The van der Waals surface area contributed by atoms with Crippen molar-refractivity contribution in [3.05, 3.63) is 72.2 Å². The molecule has 2 aliphatic rings. The van der Waals surface area contributed by atoms with Gasteiger partial charge in [0.15, 0.2) is 5.65 Å². The second-order valence-corrected chi connectivity index (χ2v) is 10.1. The molecule has 9 nitrogen and oxygen atoms in total. The van der Waals surface area contributed by atoms with Crippen molar-refractivity contribution in [1.29, 1.82) is 0 Å². The van der Waals surface area contributed by atoms with Crippen LogP contribution < -0.4 is 9.80 Å². The van der Waals surface area contributed by atoms with Crippen molar-refractivity contribution >= 4 is 23.3 Å². The summed E-state index contributed by atoms with van der Waals surface area (Å²) in [5, 5.41) is 14.5. The Kier molecular flexibility index (Phi) is 6.86. The van der Waals surface area contributed by atoms with Gasteiger partial charge in [-0.15, -0.1) is 5.10 Å². The first-order valence-electron chi connectivity index (χ1n) is 13.4. The first-order chi connectivity index (χ1) is 19.0. The lowest BCUT2D eigenvalue weighted by molar-refractivity contribution is -0.142. The fourth-order valence-electron chi connectivity index (χ4n) is 5.75. The highest BCUT2D eigenvalue weighted by Crippen LogP contribution is 2.32. The lowest BCUT2D eigenvalue weighted by atomic mass is 9.89. The number of fused-ring (bicyclic) bond motifs is 1. The summed E-state index contributed by atoms with van der Waals surface area (Å²) in [5.41, 5.74) is 3.04. The van der Waals surface area contributed by atoms with E-state index in [1.165, 1.54) is 6.07 Å². The summed E-state index contributed by atoms with van der Waals surface area (Å²) in [6.45, 7) is 4.37. The van der Waals surface area contributed by atoms with E-state index < -0.39 is 5.97 Å². The van der Waals surface area contributed by atoms with Gasteiger partial charge in [-0.1, -0.05) is 25.1 Å². The van der Waals surface area contributed by atoms with Gasteiger partial charge in [-0.05, 0) is 61.2 Å². The lowest BCUT2D eigenvalue weighted by Crippen LogP contribution is -2.44. The van der Waals surface area contributed by atoms with Gasteiger partial charge in [-0.25, -0.2) is 18.9 Å². The fraction of sp³-hybridized carbons (Fsp3) is 0.379. The third kappa shape index (κ3) is 4.92. The Morgan fingerprint density at radius 2 is 1.97 bits per heavy atom. The Morgan fingerprint density at radius 3 is 2.79 bits per heavy atom. The normalized spacial score (nSPS) is 21.8. The first-order valence-corrected chi connectivity index (χ1v) is 13.4. The number of carboxylic acids is 1. The van der Waals surface area contributed by atoms with Crippen LogP contribution in [0.4, 0.5) is 16.0 Å². The minimum atomic E-state index is -0.720. The standard InChI is InChI=1S/C29H31FN6O3/c1-2-22-16-20(29(37)38)11-12-34(22)27-8-4-7-23(32-27)24-17-31-26-9-10-28(33-36(24)26)35-13-14-39-18-25(35)19-5-3-6-21(30)15-19/h3-10,15,17,20,22,25H,2,11-14,16,18H2,1H3,(H,37,38). The predicted octanol–water partition coefficient (Wildman–Crippen LogP) is 4.59. The molecule has 0 spiro atoms. The molecule has 5 heterocycles. The number of imidazole rings is 1. The second kappa shape index (κ2) is 10.6. The van der Waals surface area contributed by atoms with E-state index in [0.717, 1.165) is 35.0 Å². The molecule has 2 saturated heterocycles. The number of nitrogens with zero attached hydrogens (tertiary/aromatic N) is 6. The molecule has 202 valence electrons. The number of morpholine rings is 1. The molecule has 3 aromatic heterocycles. The molecule has 0 amide bonds. The maximum absolute atomic E-state index is 14.0. The Hall–Kier alpha value is -4.05. The molecule has 3 unspecified atom stereocenters. The van der Waals surface area contributed by atoms with Crippen LogP contribution in [0.5, 0.6) is 0 Å². The summed E-state index contributed by atoms with van der Waals surface area (Å²) >= 11 is 0. The zero-order valence-electron chi connectivity index (χ0n) is 21.8. The summed E-state index contributed by atoms with van der Waals surface area (Å²) in [6, 6.07) is 16.3. The van der Waals surface area contributed by atoms with Crippen LogP contribution in [0.15, 0.2) is 60.8 Å². The quantitative estimate of drug-likeness (QED) is 0.387. The summed E-state index contributed by atoms with van der Waals surface area (Å²) in [4.78, 5) is 25.5. The Labute approximate surface area is 225 Å². The van der Waals surface area contributed by atoms with Gasteiger partial charge < -0.3 is 19.6 Å². The molecular formula is C29H31FN6O3. The number of rotatable bonds is 6. The topological polar surface area (TPSA) is 96.1 Å². The molecule has 4 aromatic rings. The van der Waals surface area contributed by atoms with Crippen LogP contribution >= 0.6 is 0 Å². The van der Waals surface area contributed by atoms with Crippen LogP contribution in [0.25, 0.3) is 17.0 Å². The molecule has 2 aliphatic heterocycles. The number of aliphatic carboxylic acids is 1. The summed E-state index contributed by atoms with van der Waals surface area (Å²) in [7, 11) is 0. The number of aromatic nitrogens is 4. The summed E-state index contributed by atoms with van der Waals surface area (Å²) in [6.07, 6.45) is 3.84. The Balaban J connectivity index is 1.33. The van der Waals surface area contributed by atoms with Crippen LogP contribution in [0, 0.1) is 11.7 Å². The molecule has 10 heteroatoms. The van der Waals surface area contributed by atoms with Gasteiger partial charge in [0.1, 0.15) is 23.1 Å². The van der Waals surface area contributed by atoms with Crippen LogP contribution in [0.3, 0.4) is 0 Å². The number of carbonyl (C=O) groups is 1. The van der Waals surface area contributed by atoms with Crippen LogP contribution in [-0.2, 0) is 9.53 Å². The van der Waals surface area contributed by atoms with Crippen molar-refractivity contribution in [1.82, 2.24) is 19.6 Å². The van der Waals surface area contributed by atoms with Crippen molar-refractivity contribution in [3.63, 3.8) is 0 Å². The molecule has 0 radical (unpaired) electrons. The van der Waals surface area contributed by atoms with E-state index in [9.17, 15) is 14.3 Å². The van der Waals surface area contributed by atoms with Crippen molar-refractivity contribution in [2.75, 3.05) is 36.1 Å². The van der Waals surface area contributed by atoms with E-state index >= 15 is 0 Å². The molecule has 2 fully saturated rings. The number of anilines is 2. The van der Waals surface area contributed by atoms with E-state index in [4.69, 9.17) is 14.8 Å². The molecule has 1 aromatic carbocycles. The monoisotopic (exact) mass is 530 g/mol. The number of hydrogen-bond donors (Lipinski definition) is 1. The summed E-state index contributed by atoms with van der Waals surface area (Å²) in [5.74, 6) is 0.266. The number of piperidine rings is 1. The average Bonchev–Trinajstić information content (AvgIpc) is 3.40. The number of halogens is 1. The van der Waals surface area contributed by atoms with Gasteiger partial charge >= 0.3 is 5.97 Å². The average molecular weight is 531 g/mol. The molecule has 0 saturated carbocycles. The van der Waals surface area contributed by atoms with E-state index in [0.29, 0.717) is 44.8 Å².